The molecule has 2 atom stereocenters. The zero-order valence-electron chi connectivity index (χ0n) is 10.7. The van der Waals surface area contributed by atoms with Gasteiger partial charge < -0.3 is 9.64 Å². The Balaban J connectivity index is 0.00000110. The molecule has 1 saturated carbocycles. The van der Waals surface area contributed by atoms with E-state index in [-0.39, 0.29) is 12.4 Å². The minimum atomic E-state index is 0. The van der Waals surface area contributed by atoms with Gasteiger partial charge in [0.05, 0.1) is 6.20 Å². The van der Waals surface area contributed by atoms with E-state index < -0.39 is 0 Å². The van der Waals surface area contributed by atoms with Gasteiger partial charge in [0.25, 0.3) is 0 Å². The second-order valence-corrected chi connectivity index (χ2v) is 6.79. The lowest BCUT2D eigenvalue weighted by atomic mass is 9.66. The number of ether oxygens (including phenoxy) is 1. The Morgan fingerprint density at radius 1 is 1.16 bits per heavy atom. The lowest BCUT2D eigenvalue weighted by Gasteiger charge is -2.55. The molecular formula is C14H18BrClN2O. The first-order chi connectivity index (χ1) is 8.78. The molecule has 1 aliphatic carbocycles. The van der Waals surface area contributed by atoms with Gasteiger partial charge in [0.2, 0.25) is 0 Å². The van der Waals surface area contributed by atoms with Crippen LogP contribution in [0.1, 0.15) is 12.8 Å². The predicted octanol–water partition coefficient (Wildman–Crippen LogP) is 2.98. The van der Waals surface area contributed by atoms with Crippen LogP contribution in [0.25, 0.3) is 0 Å². The first kappa shape index (κ1) is 13.7. The first-order valence-corrected chi connectivity index (χ1v) is 7.58. The van der Waals surface area contributed by atoms with Crippen molar-refractivity contribution in [2.45, 2.75) is 18.9 Å². The summed E-state index contributed by atoms with van der Waals surface area (Å²) in [4.78, 5) is 6.88. The van der Waals surface area contributed by atoms with Crippen molar-refractivity contribution < 1.29 is 4.74 Å². The number of halogens is 2. The molecule has 3 aliphatic heterocycles. The first-order valence-electron chi connectivity index (χ1n) is 6.78. The summed E-state index contributed by atoms with van der Waals surface area (Å²) in [5, 5.41) is 0. The van der Waals surface area contributed by atoms with E-state index in [2.05, 4.69) is 25.8 Å². The Morgan fingerprint density at radius 2 is 1.89 bits per heavy atom. The summed E-state index contributed by atoms with van der Waals surface area (Å²) in [6, 6.07) is 3.97. The largest absolute Gasteiger partial charge is 0.488 e. The van der Waals surface area contributed by atoms with Crippen molar-refractivity contribution in [1.82, 2.24) is 9.88 Å². The highest BCUT2D eigenvalue weighted by atomic mass is 79.9. The Labute approximate surface area is 128 Å². The van der Waals surface area contributed by atoms with E-state index in [1.165, 1.54) is 32.5 Å². The van der Waals surface area contributed by atoms with Crippen molar-refractivity contribution in [2.75, 3.05) is 19.6 Å². The fraction of sp³-hybridized carbons (Fsp3) is 0.643. The van der Waals surface area contributed by atoms with Crippen LogP contribution < -0.4 is 4.74 Å². The fourth-order valence-electron chi connectivity index (χ4n) is 4.15. The lowest BCUT2D eigenvalue weighted by Crippen LogP contribution is -2.61. The van der Waals surface area contributed by atoms with E-state index in [1.54, 1.807) is 0 Å². The molecule has 4 heterocycles. The van der Waals surface area contributed by atoms with Gasteiger partial charge >= 0.3 is 0 Å². The number of hydrogen-bond acceptors (Lipinski definition) is 3. The monoisotopic (exact) mass is 344 g/mol. The predicted molar refractivity (Wildman–Crippen MR) is 79.7 cm³/mol. The lowest BCUT2D eigenvalue weighted by molar-refractivity contribution is -0.0985. The Morgan fingerprint density at radius 3 is 2.47 bits per heavy atom. The van der Waals surface area contributed by atoms with Crippen molar-refractivity contribution in [3.8, 4) is 5.75 Å². The molecule has 5 rings (SSSR count). The van der Waals surface area contributed by atoms with Crippen molar-refractivity contribution in [3.63, 3.8) is 0 Å². The maximum Gasteiger partial charge on any atom is 0.138 e. The van der Waals surface area contributed by atoms with Crippen LogP contribution in [0.4, 0.5) is 0 Å². The highest BCUT2D eigenvalue weighted by Gasteiger charge is 2.48. The van der Waals surface area contributed by atoms with Gasteiger partial charge in [0.1, 0.15) is 16.5 Å². The average Bonchev–Trinajstić information content (AvgIpc) is 2.35. The summed E-state index contributed by atoms with van der Waals surface area (Å²) in [6.07, 6.45) is 4.97. The molecule has 0 radical (unpaired) electrons. The molecule has 19 heavy (non-hydrogen) atoms. The molecule has 104 valence electrons. The maximum atomic E-state index is 6.24. The summed E-state index contributed by atoms with van der Waals surface area (Å²) in [5.41, 5.74) is 0. The van der Waals surface area contributed by atoms with Crippen molar-refractivity contribution >= 4 is 28.3 Å². The standard InChI is InChI=1S/C14H17BrN2O.ClH/c15-13-2-1-12(5-16-13)18-14-10-3-9-4-11(14)8-17(6-9)7-10;/h1-2,5,9-11,14H,3-4,6-8H2;1H/t9?,10-,11-,14?;/m0./s1. The molecule has 4 fully saturated rings. The van der Waals surface area contributed by atoms with Crippen LogP contribution in [0, 0.1) is 17.8 Å². The smallest absolute Gasteiger partial charge is 0.138 e. The molecule has 0 amide bonds. The third-order valence-electron chi connectivity index (χ3n) is 4.68. The summed E-state index contributed by atoms with van der Waals surface area (Å²) < 4.78 is 7.10. The zero-order valence-corrected chi connectivity index (χ0v) is 13.1. The van der Waals surface area contributed by atoms with Crippen LogP contribution in [0.5, 0.6) is 5.75 Å². The van der Waals surface area contributed by atoms with Gasteiger partial charge in [0, 0.05) is 31.5 Å². The van der Waals surface area contributed by atoms with Crippen LogP contribution >= 0.6 is 28.3 Å². The van der Waals surface area contributed by atoms with E-state index in [0.717, 1.165) is 28.1 Å². The summed E-state index contributed by atoms with van der Waals surface area (Å²) in [7, 11) is 0. The second kappa shape index (κ2) is 5.23. The van der Waals surface area contributed by atoms with Gasteiger partial charge in [-0.05, 0) is 46.8 Å². The highest BCUT2D eigenvalue weighted by molar-refractivity contribution is 9.10. The molecule has 4 bridgehead atoms. The van der Waals surface area contributed by atoms with Crippen LogP contribution in [0.2, 0.25) is 0 Å². The summed E-state index contributed by atoms with van der Waals surface area (Å²) in [6.45, 7) is 3.81. The van der Waals surface area contributed by atoms with Crippen LogP contribution in [-0.2, 0) is 0 Å². The van der Waals surface area contributed by atoms with Gasteiger partial charge in [-0.15, -0.1) is 12.4 Å². The molecule has 0 spiro atoms. The highest BCUT2D eigenvalue weighted by Crippen LogP contribution is 2.44. The van der Waals surface area contributed by atoms with E-state index in [0.29, 0.717) is 6.10 Å². The number of aromatic nitrogens is 1. The number of piperidine rings is 3. The van der Waals surface area contributed by atoms with Gasteiger partial charge in [-0.25, -0.2) is 4.98 Å². The van der Waals surface area contributed by atoms with Crippen molar-refractivity contribution in [1.29, 1.82) is 0 Å². The quantitative estimate of drug-likeness (QED) is 0.771. The molecule has 0 aromatic carbocycles. The second-order valence-electron chi connectivity index (χ2n) is 5.98. The van der Waals surface area contributed by atoms with Gasteiger partial charge in [-0.1, -0.05) is 0 Å². The van der Waals surface area contributed by atoms with Crippen molar-refractivity contribution in [2.24, 2.45) is 17.8 Å². The van der Waals surface area contributed by atoms with E-state index in [9.17, 15) is 0 Å². The number of hydrogen-bond donors (Lipinski definition) is 0. The van der Waals surface area contributed by atoms with Gasteiger partial charge in [-0.3, -0.25) is 0 Å². The van der Waals surface area contributed by atoms with Crippen molar-refractivity contribution in [3.05, 3.63) is 22.9 Å². The third kappa shape index (κ3) is 2.50. The molecular weight excluding hydrogens is 328 g/mol. The Hall–Kier alpha value is -0.320. The Bertz CT molecular complexity index is 425. The number of rotatable bonds is 2. The number of nitrogens with zero attached hydrogens (tertiary/aromatic N) is 2. The molecule has 5 heteroatoms. The summed E-state index contributed by atoms with van der Waals surface area (Å²) in [5.74, 6) is 3.33. The molecule has 0 N–H and O–H groups in total. The summed E-state index contributed by atoms with van der Waals surface area (Å²) >= 11 is 3.36. The Kier molecular flexibility index (Phi) is 3.76. The van der Waals surface area contributed by atoms with Crippen LogP contribution in [-0.4, -0.2) is 35.6 Å². The van der Waals surface area contributed by atoms with E-state index >= 15 is 0 Å². The normalized spacial score (nSPS) is 38.9. The molecule has 4 aliphatic rings. The molecule has 1 aromatic heterocycles. The van der Waals surface area contributed by atoms with Gasteiger partial charge in [-0.2, -0.15) is 0 Å². The maximum absolute atomic E-state index is 6.24. The average molecular weight is 346 g/mol. The minimum Gasteiger partial charge on any atom is -0.488 e. The van der Waals surface area contributed by atoms with E-state index in [1.807, 2.05) is 18.3 Å². The van der Waals surface area contributed by atoms with Gasteiger partial charge in [0.15, 0.2) is 0 Å². The fourth-order valence-corrected chi connectivity index (χ4v) is 4.38. The number of pyridine rings is 1. The van der Waals surface area contributed by atoms with Crippen LogP contribution in [0.3, 0.4) is 0 Å². The third-order valence-corrected chi connectivity index (χ3v) is 5.14. The molecule has 3 nitrogen and oxygen atoms in total. The topological polar surface area (TPSA) is 25.4 Å². The SMILES string of the molecule is Brc1ccc(OC2[C@H]3CC4C[C@H]2CN(C4)C3)cn1.Cl. The zero-order chi connectivity index (χ0) is 12.1. The minimum absolute atomic E-state index is 0. The molecule has 3 saturated heterocycles. The van der Waals surface area contributed by atoms with E-state index in [4.69, 9.17) is 4.74 Å². The molecule has 0 unspecified atom stereocenters. The van der Waals surface area contributed by atoms with Crippen LogP contribution in [0.15, 0.2) is 22.9 Å². The molecule has 1 aromatic rings.